The number of fused-ring (bicyclic) bond motifs is 1. The van der Waals surface area contributed by atoms with Crippen LogP contribution in [0.5, 0.6) is 0 Å². The third kappa shape index (κ3) is 2.38. The Morgan fingerprint density at radius 1 is 1.22 bits per heavy atom. The number of carbonyl (C=O) groups is 1. The SMILES string of the molecule is C/C=C(\C=C(/C)C=O)c1cccc2cccnc12. The molecular formula is C16H15NO. The van der Waals surface area contributed by atoms with Crippen molar-refractivity contribution in [1.82, 2.24) is 4.98 Å². The largest absolute Gasteiger partial charge is 0.298 e. The quantitative estimate of drug-likeness (QED) is 0.462. The van der Waals surface area contributed by atoms with Gasteiger partial charge in [-0.25, -0.2) is 0 Å². The molecule has 0 spiro atoms. The van der Waals surface area contributed by atoms with Gasteiger partial charge in [0.1, 0.15) is 6.29 Å². The summed E-state index contributed by atoms with van der Waals surface area (Å²) in [6, 6.07) is 10.0. The number of carbonyl (C=O) groups excluding carboxylic acids is 1. The Kier molecular flexibility index (Phi) is 3.68. The van der Waals surface area contributed by atoms with Gasteiger partial charge >= 0.3 is 0 Å². The first-order valence-electron chi connectivity index (χ1n) is 5.90. The highest BCUT2D eigenvalue weighted by atomic mass is 16.1. The number of hydrogen-bond acceptors (Lipinski definition) is 2. The van der Waals surface area contributed by atoms with E-state index >= 15 is 0 Å². The van der Waals surface area contributed by atoms with E-state index in [1.165, 1.54) is 0 Å². The lowest BCUT2D eigenvalue weighted by Gasteiger charge is -2.06. The monoisotopic (exact) mass is 237 g/mol. The fraction of sp³-hybridized carbons (Fsp3) is 0.125. The van der Waals surface area contributed by atoms with Crippen LogP contribution in [-0.2, 0) is 4.79 Å². The molecule has 0 saturated carbocycles. The van der Waals surface area contributed by atoms with Crippen molar-refractivity contribution >= 4 is 22.8 Å². The van der Waals surface area contributed by atoms with Crippen molar-refractivity contribution in [3.63, 3.8) is 0 Å². The van der Waals surface area contributed by atoms with Gasteiger partial charge in [-0.15, -0.1) is 0 Å². The maximum Gasteiger partial charge on any atom is 0.145 e. The number of hydrogen-bond donors (Lipinski definition) is 0. The van der Waals surface area contributed by atoms with Crippen molar-refractivity contribution in [2.45, 2.75) is 13.8 Å². The summed E-state index contributed by atoms with van der Waals surface area (Å²) < 4.78 is 0. The van der Waals surface area contributed by atoms with Gasteiger partial charge in [0.15, 0.2) is 0 Å². The Labute approximate surface area is 107 Å². The number of allylic oxidation sites excluding steroid dienone is 4. The van der Waals surface area contributed by atoms with Gasteiger partial charge in [0.2, 0.25) is 0 Å². The lowest BCUT2D eigenvalue weighted by Crippen LogP contribution is -1.88. The minimum Gasteiger partial charge on any atom is -0.298 e. The van der Waals surface area contributed by atoms with Gasteiger partial charge in [-0.2, -0.15) is 0 Å². The average Bonchev–Trinajstić information content (AvgIpc) is 2.44. The maximum absolute atomic E-state index is 10.7. The predicted octanol–water partition coefficient (Wildman–Crippen LogP) is 3.78. The summed E-state index contributed by atoms with van der Waals surface area (Å²) in [6.45, 7) is 3.76. The summed E-state index contributed by atoms with van der Waals surface area (Å²) in [5.41, 5.74) is 3.74. The van der Waals surface area contributed by atoms with Crippen LogP contribution >= 0.6 is 0 Å². The Morgan fingerprint density at radius 2 is 2.00 bits per heavy atom. The number of aldehydes is 1. The summed E-state index contributed by atoms with van der Waals surface area (Å²) in [5, 5.41) is 1.10. The molecule has 1 aromatic heterocycles. The molecule has 0 aliphatic carbocycles. The number of para-hydroxylation sites is 1. The number of aromatic nitrogens is 1. The normalized spacial score (nSPS) is 12.8. The zero-order chi connectivity index (χ0) is 13.0. The molecule has 90 valence electrons. The smallest absolute Gasteiger partial charge is 0.145 e. The van der Waals surface area contributed by atoms with E-state index in [0.717, 1.165) is 28.3 Å². The second-order valence-electron chi connectivity index (χ2n) is 4.13. The van der Waals surface area contributed by atoms with Gasteiger partial charge in [0, 0.05) is 17.1 Å². The Morgan fingerprint density at radius 3 is 2.72 bits per heavy atom. The van der Waals surface area contributed by atoms with Gasteiger partial charge in [-0.3, -0.25) is 9.78 Å². The number of pyridine rings is 1. The first-order valence-corrected chi connectivity index (χ1v) is 5.90. The van der Waals surface area contributed by atoms with Crippen molar-refractivity contribution in [2.75, 3.05) is 0 Å². The van der Waals surface area contributed by atoms with Gasteiger partial charge < -0.3 is 0 Å². The van der Waals surface area contributed by atoms with Crippen LogP contribution in [-0.4, -0.2) is 11.3 Å². The standard InChI is InChI=1S/C16H15NO/c1-3-13(10-12(2)11-18)15-8-4-6-14-7-5-9-17-16(14)15/h3-11H,1-2H3/b12-10+,13-3+. The molecule has 0 saturated heterocycles. The Bertz CT molecular complexity index is 633. The molecule has 0 aliphatic heterocycles. The third-order valence-corrected chi connectivity index (χ3v) is 2.82. The molecule has 0 aliphatic rings. The van der Waals surface area contributed by atoms with Gasteiger partial charge in [-0.1, -0.05) is 30.3 Å². The van der Waals surface area contributed by atoms with Gasteiger partial charge in [0.05, 0.1) is 5.52 Å². The summed E-state index contributed by atoms with van der Waals surface area (Å²) >= 11 is 0. The van der Waals surface area contributed by atoms with E-state index in [4.69, 9.17) is 0 Å². The number of benzene rings is 1. The highest BCUT2D eigenvalue weighted by Crippen LogP contribution is 2.24. The molecular weight excluding hydrogens is 222 g/mol. The molecule has 0 atom stereocenters. The van der Waals surface area contributed by atoms with Crippen LogP contribution in [0.1, 0.15) is 19.4 Å². The van der Waals surface area contributed by atoms with Crippen LogP contribution in [0.25, 0.3) is 16.5 Å². The highest BCUT2D eigenvalue weighted by Gasteiger charge is 2.04. The zero-order valence-electron chi connectivity index (χ0n) is 10.6. The van der Waals surface area contributed by atoms with Crippen LogP contribution in [0.4, 0.5) is 0 Å². The van der Waals surface area contributed by atoms with E-state index in [1.54, 1.807) is 13.1 Å². The first-order chi connectivity index (χ1) is 8.76. The molecule has 2 aromatic rings. The maximum atomic E-state index is 10.7. The topological polar surface area (TPSA) is 30.0 Å². The van der Waals surface area contributed by atoms with E-state index in [9.17, 15) is 4.79 Å². The second-order valence-corrected chi connectivity index (χ2v) is 4.13. The van der Waals surface area contributed by atoms with Crippen LogP contribution in [0.2, 0.25) is 0 Å². The first kappa shape index (κ1) is 12.2. The van der Waals surface area contributed by atoms with Crippen molar-refractivity contribution in [2.24, 2.45) is 0 Å². The van der Waals surface area contributed by atoms with Crippen LogP contribution in [0.15, 0.2) is 54.3 Å². The molecule has 1 heterocycles. The van der Waals surface area contributed by atoms with E-state index in [1.807, 2.05) is 49.4 Å². The van der Waals surface area contributed by atoms with Gasteiger partial charge in [-0.05, 0) is 37.1 Å². The molecule has 18 heavy (non-hydrogen) atoms. The van der Waals surface area contributed by atoms with E-state index < -0.39 is 0 Å². The Balaban J connectivity index is 2.63. The third-order valence-electron chi connectivity index (χ3n) is 2.82. The van der Waals surface area contributed by atoms with Crippen LogP contribution in [0, 0.1) is 0 Å². The predicted molar refractivity (Wildman–Crippen MR) is 75.2 cm³/mol. The molecule has 0 unspecified atom stereocenters. The minimum atomic E-state index is 0.705. The molecule has 2 nitrogen and oxygen atoms in total. The highest BCUT2D eigenvalue weighted by molar-refractivity contribution is 5.94. The average molecular weight is 237 g/mol. The van der Waals surface area contributed by atoms with Crippen molar-refractivity contribution in [1.29, 1.82) is 0 Å². The summed E-state index contributed by atoms with van der Waals surface area (Å²) in [7, 11) is 0. The van der Waals surface area contributed by atoms with Crippen molar-refractivity contribution < 1.29 is 4.79 Å². The molecule has 2 heteroatoms. The zero-order valence-corrected chi connectivity index (χ0v) is 10.6. The minimum absolute atomic E-state index is 0.705. The fourth-order valence-corrected chi connectivity index (χ4v) is 1.93. The lowest BCUT2D eigenvalue weighted by atomic mass is 10.00. The summed E-state index contributed by atoms with van der Waals surface area (Å²) in [5.74, 6) is 0. The van der Waals surface area contributed by atoms with E-state index in [0.29, 0.717) is 5.57 Å². The molecule has 2 rings (SSSR count). The lowest BCUT2D eigenvalue weighted by molar-refractivity contribution is -0.104. The van der Waals surface area contributed by atoms with E-state index in [-0.39, 0.29) is 0 Å². The van der Waals surface area contributed by atoms with Crippen LogP contribution < -0.4 is 0 Å². The Hall–Kier alpha value is -2.22. The van der Waals surface area contributed by atoms with Gasteiger partial charge in [0.25, 0.3) is 0 Å². The van der Waals surface area contributed by atoms with E-state index in [2.05, 4.69) is 4.98 Å². The van der Waals surface area contributed by atoms with Crippen LogP contribution in [0.3, 0.4) is 0 Å². The molecule has 1 aromatic carbocycles. The van der Waals surface area contributed by atoms with Crippen molar-refractivity contribution in [3.8, 4) is 0 Å². The molecule has 0 amide bonds. The number of nitrogens with zero attached hydrogens (tertiary/aromatic N) is 1. The molecule has 0 N–H and O–H groups in total. The molecule has 0 fully saturated rings. The van der Waals surface area contributed by atoms with Crippen molar-refractivity contribution in [3.05, 3.63) is 59.8 Å². The molecule has 0 radical (unpaired) electrons. The summed E-state index contributed by atoms with van der Waals surface area (Å²) in [6.07, 6.45) is 6.53. The number of rotatable bonds is 3. The fourth-order valence-electron chi connectivity index (χ4n) is 1.93. The molecule has 0 bridgehead atoms. The summed E-state index contributed by atoms with van der Waals surface area (Å²) in [4.78, 5) is 15.2. The second kappa shape index (κ2) is 5.41.